The Morgan fingerprint density at radius 2 is 2.12 bits per heavy atom. The van der Waals surface area contributed by atoms with Gasteiger partial charge in [-0.25, -0.2) is 0 Å². The van der Waals surface area contributed by atoms with Crippen LogP contribution in [0.15, 0.2) is 47.1 Å². The first-order valence-corrected chi connectivity index (χ1v) is 12.9. The maximum Gasteiger partial charge on any atom is 0.178 e. The minimum Gasteiger partial charge on any atom is -0.504 e. The summed E-state index contributed by atoms with van der Waals surface area (Å²) in [6, 6.07) is 5.68. The molecule has 2 aliphatic heterocycles. The van der Waals surface area contributed by atoms with Crippen LogP contribution in [0.1, 0.15) is 77.2 Å². The first-order chi connectivity index (χ1) is 16.1. The van der Waals surface area contributed by atoms with Crippen LogP contribution in [0, 0.1) is 23.9 Å². The molecule has 4 nitrogen and oxygen atoms in total. The molecule has 178 valence electrons. The maximum atomic E-state index is 10.3. The molecule has 2 N–H and O–H groups in total. The van der Waals surface area contributed by atoms with Crippen molar-refractivity contribution in [1.29, 1.82) is 0 Å². The number of hydrogen-bond acceptors (Lipinski definition) is 3. The molecule has 0 amide bonds. The summed E-state index contributed by atoms with van der Waals surface area (Å²) >= 11 is 0. The predicted octanol–water partition coefficient (Wildman–Crippen LogP) is 6.65. The van der Waals surface area contributed by atoms with E-state index in [-0.39, 0.29) is 5.75 Å². The molecule has 0 spiro atoms. The Bertz CT molecular complexity index is 852. The van der Waals surface area contributed by atoms with Crippen molar-refractivity contribution in [3.8, 4) is 11.5 Å². The molecular formula is C29H40NO3+. The fourth-order valence-corrected chi connectivity index (χ4v) is 5.15. The van der Waals surface area contributed by atoms with Crippen LogP contribution in [-0.4, -0.2) is 28.8 Å². The number of allylic oxidation sites excluding steroid dienone is 1. The first kappa shape index (κ1) is 23.8. The second-order valence-electron chi connectivity index (χ2n) is 9.82. The zero-order valence-corrected chi connectivity index (χ0v) is 20.3. The highest BCUT2D eigenvalue weighted by molar-refractivity contribution is 5.82. The third-order valence-corrected chi connectivity index (χ3v) is 7.35. The summed E-state index contributed by atoms with van der Waals surface area (Å²) in [5.41, 5.74) is 2.24. The van der Waals surface area contributed by atoms with Crippen molar-refractivity contribution >= 4 is 6.21 Å². The summed E-state index contributed by atoms with van der Waals surface area (Å²) < 4.78 is 10.8. The smallest absolute Gasteiger partial charge is 0.178 e. The predicted molar refractivity (Wildman–Crippen MR) is 135 cm³/mol. The van der Waals surface area contributed by atoms with Gasteiger partial charge in [0.2, 0.25) is 0 Å². The van der Waals surface area contributed by atoms with E-state index in [1.165, 1.54) is 50.5 Å². The Morgan fingerprint density at radius 3 is 2.94 bits per heavy atom. The number of aromatic hydroxyl groups is 1. The van der Waals surface area contributed by atoms with Crippen LogP contribution in [0.5, 0.6) is 11.5 Å². The van der Waals surface area contributed by atoms with E-state index in [1.807, 2.05) is 18.3 Å². The Morgan fingerprint density at radius 1 is 1.27 bits per heavy atom. The van der Waals surface area contributed by atoms with Crippen molar-refractivity contribution in [2.45, 2.75) is 84.2 Å². The second-order valence-corrected chi connectivity index (χ2v) is 9.82. The monoisotopic (exact) mass is 450 g/mol. The Balaban J connectivity index is 1.21. The van der Waals surface area contributed by atoms with Gasteiger partial charge in [-0.05, 0) is 62.6 Å². The molecule has 1 aromatic rings. The lowest BCUT2D eigenvalue weighted by Gasteiger charge is -2.17. The van der Waals surface area contributed by atoms with E-state index in [9.17, 15) is 5.11 Å². The number of unbranched alkanes of at least 4 members (excludes halogenated alkanes) is 1. The zero-order valence-electron chi connectivity index (χ0n) is 20.3. The van der Waals surface area contributed by atoms with E-state index in [1.54, 1.807) is 6.07 Å². The lowest BCUT2D eigenvalue weighted by atomic mass is 9.82. The molecule has 1 fully saturated rings. The lowest BCUT2D eigenvalue weighted by molar-refractivity contribution is -0.0480. The van der Waals surface area contributed by atoms with Crippen molar-refractivity contribution in [1.82, 2.24) is 0 Å². The van der Waals surface area contributed by atoms with Crippen molar-refractivity contribution in [3.05, 3.63) is 59.7 Å². The van der Waals surface area contributed by atoms with Crippen molar-refractivity contribution in [3.63, 3.8) is 0 Å². The summed E-state index contributed by atoms with van der Waals surface area (Å²) in [4.78, 5) is 4.62. The van der Waals surface area contributed by atoms with Gasteiger partial charge in [-0.1, -0.05) is 32.3 Å². The molecule has 1 aliphatic carbocycles. The van der Waals surface area contributed by atoms with Gasteiger partial charge in [0.25, 0.3) is 0 Å². The van der Waals surface area contributed by atoms with Crippen molar-refractivity contribution < 1.29 is 14.6 Å². The van der Waals surface area contributed by atoms with E-state index in [2.05, 4.69) is 37.1 Å². The van der Waals surface area contributed by atoms with Gasteiger partial charge in [-0.3, -0.25) is 0 Å². The van der Waals surface area contributed by atoms with Crippen LogP contribution in [0.2, 0.25) is 0 Å². The van der Waals surface area contributed by atoms with E-state index < -0.39 is 0 Å². The van der Waals surface area contributed by atoms with Gasteiger partial charge in [-0.15, -0.1) is 17.1 Å². The normalized spacial score (nSPS) is 21.3. The summed E-state index contributed by atoms with van der Waals surface area (Å²) in [6.45, 7) is 5.08. The maximum absolute atomic E-state index is 10.3. The van der Waals surface area contributed by atoms with Gasteiger partial charge >= 0.3 is 0 Å². The second kappa shape index (κ2) is 11.7. The Hall–Kier alpha value is -2.33. The number of aliphatic imine (C=N–C) groups is 1. The molecule has 0 bridgehead atoms. The van der Waals surface area contributed by atoms with Crippen molar-refractivity contribution in [2.75, 3.05) is 6.61 Å². The topological polar surface area (TPSA) is 54.6 Å². The number of phenolic OH excluding ortho intramolecular Hbond substituents is 1. The largest absolute Gasteiger partial charge is 0.504 e. The molecular weight excluding hydrogens is 410 g/mol. The Labute approximate surface area is 199 Å². The molecule has 33 heavy (non-hydrogen) atoms. The SMILES string of the molecule is CCCCC1C=C[C-](CCc2ccc(O)c(OCCC3=C[C+](C(C)C4CCCC4)C=N3)c2)[OH+]1. The van der Waals surface area contributed by atoms with Gasteiger partial charge < -0.3 is 14.6 Å². The number of nitrogens with zero attached hydrogens (tertiary/aromatic N) is 1. The molecule has 4 rings (SSSR count). The molecule has 2 unspecified atom stereocenters. The van der Waals surface area contributed by atoms with E-state index in [0.29, 0.717) is 24.4 Å². The van der Waals surface area contributed by atoms with Gasteiger partial charge in [0.15, 0.2) is 17.2 Å². The molecule has 0 saturated heterocycles. The number of phenols is 1. The number of ether oxygens (including phenoxy) is 2. The molecule has 4 heteroatoms. The van der Waals surface area contributed by atoms with Gasteiger partial charge in [0, 0.05) is 6.42 Å². The molecule has 3 aliphatic rings. The van der Waals surface area contributed by atoms with Crippen LogP contribution >= 0.6 is 0 Å². The third-order valence-electron chi connectivity index (χ3n) is 7.35. The summed E-state index contributed by atoms with van der Waals surface area (Å²) in [5.74, 6) is 3.52. The number of hydrogen-bond donors (Lipinski definition) is 1. The Kier molecular flexibility index (Phi) is 8.44. The molecule has 1 saturated carbocycles. The fourth-order valence-electron chi connectivity index (χ4n) is 5.15. The van der Waals surface area contributed by atoms with Crippen LogP contribution in [0.25, 0.3) is 0 Å². The lowest BCUT2D eigenvalue weighted by Crippen LogP contribution is -2.15. The summed E-state index contributed by atoms with van der Waals surface area (Å²) in [7, 11) is 0. The van der Waals surface area contributed by atoms with Gasteiger partial charge in [0.05, 0.1) is 18.4 Å². The quantitative estimate of drug-likeness (QED) is 0.286. The van der Waals surface area contributed by atoms with Gasteiger partial charge in [-0.2, -0.15) is 0 Å². The van der Waals surface area contributed by atoms with Crippen LogP contribution in [-0.2, 0) is 6.42 Å². The molecule has 0 aromatic heterocycles. The standard InChI is InChI=1S/C29H39NO3/c1-3-4-9-26-13-14-27(33-26)12-10-22-11-15-28(31)29(18-22)32-17-16-25-19-24(20-30-25)21(2)23-7-5-6-8-23/h11,13-15,18-21,23,26,33H,3-10,12,16-17H2,1-2H3/p+1. The highest BCUT2D eigenvalue weighted by atomic mass is 16.5. The fraction of sp³-hybridized carbons (Fsp3) is 0.552. The number of benzene rings is 1. The first-order valence-electron chi connectivity index (χ1n) is 12.9. The summed E-state index contributed by atoms with van der Waals surface area (Å²) in [6.07, 6.45) is 21.8. The summed E-state index contributed by atoms with van der Waals surface area (Å²) in [5, 5.41) is 10.3. The van der Waals surface area contributed by atoms with Crippen LogP contribution in [0.4, 0.5) is 0 Å². The van der Waals surface area contributed by atoms with Crippen LogP contribution in [0.3, 0.4) is 0 Å². The average Bonchev–Trinajstić information content (AvgIpc) is 3.60. The van der Waals surface area contributed by atoms with Crippen LogP contribution < -0.4 is 4.74 Å². The van der Waals surface area contributed by atoms with E-state index in [4.69, 9.17) is 9.47 Å². The zero-order chi connectivity index (χ0) is 23.0. The highest BCUT2D eigenvalue weighted by Crippen LogP contribution is 2.38. The molecule has 2 heterocycles. The molecule has 1 aromatic carbocycles. The number of aliphatic hydroxyl groups is 2. The highest BCUT2D eigenvalue weighted by Gasteiger charge is 2.34. The van der Waals surface area contributed by atoms with E-state index >= 15 is 0 Å². The van der Waals surface area contributed by atoms with Crippen molar-refractivity contribution in [2.24, 2.45) is 16.8 Å². The number of aryl methyl sites for hydroxylation is 1. The molecule has 0 radical (unpaired) electrons. The minimum atomic E-state index is 0.197. The van der Waals surface area contributed by atoms with E-state index in [0.717, 1.165) is 42.9 Å². The minimum absolute atomic E-state index is 0.197. The average molecular weight is 451 g/mol. The molecule has 2 atom stereocenters. The third kappa shape index (κ3) is 6.60. The van der Waals surface area contributed by atoms with Gasteiger partial charge in [0.1, 0.15) is 30.9 Å². The number of rotatable bonds is 12.